The van der Waals surface area contributed by atoms with Crippen molar-refractivity contribution in [3.63, 3.8) is 0 Å². The van der Waals surface area contributed by atoms with Crippen molar-refractivity contribution in [1.82, 2.24) is 0 Å². The molecule has 0 unspecified atom stereocenters. The third-order valence-electron chi connectivity index (χ3n) is 2.81. The molecule has 0 aromatic heterocycles. The van der Waals surface area contributed by atoms with E-state index in [1.165, 1.54) is 34.4 Å². The molecule has 0 bridgehead atoms. The Hall–Kier alpha value is 0.400. The number of benzene rings is 1. The van der Waals surface area contributed by atoms with Crippen LogP contribution in [0.4, 0.5) is 0 Å². The lowest BCUT2D eigenvalue weighted by molar-refractivity contribution is 0.591. The molecule has 1 fully saturated rings. The fraction of sp³-hybridized carbons (Fsp3) is 0.538. The van der Waals surface area contributed by atoms with Gasteiger partial charge in [0.15, 0.2) is 0 Å². The largest absolute Gasteiger partial charge is 0.142 e. The lowest BCUT2D eigenvalue weighted by Gasteiger charge is -2.27. The predicted octanol–water partition coefficient (Wildman–Crippen LogP) is 5.34. The molecule has 1 aliphatic rings. The van der Waals surface area contributed by atoms with Crippen LogP contribution in [0.5, 0.6) is 0 Å². The van der Waals surface area contributed by atoms with Crippen LogP contribution in [-0.2, 0) is 0 Å². The molecule has 0 radical (unpaired) electrons. The average molecular weight is 317 g/mol. The zero-order valence-corrected chi connectivity index (χ0v) is 12.7. The second-order valence-electron chi connectivity index (χ2n) is 4.20. The Balaban J connectivity index is 1.91. The summed E-state index contributed by atoms with van der Waals surface area (Å²) in [6.45, 7) is 2.29. The maximum Gasteiger partial charge on any atom is 0.0751 e. The van der Waals surface area contributed by atoms with Gasteiger partial charge >= 0.3 is 0 Å². The Labute approximate surface area is 115 Å². The first-order valence-corrected chi connectivity index (χ1v) is 8.67. The molecule has 0 N–H and O–H groups in total. The van der Waals surface area contributed by atoms with E-state index in [-0.39, 0.29) is 0 Å². The van der Waals surface area contributed by atoms with Crippen LogP contribution in [0.15, 0.2) is 28.7 Å². The average Bonchev–Trinajstić information content (AvgIpc) is 2.32. The molecule has 0 saturated carbocycles. The highest BCUT2D eigenvalue weighted by Crippen LogP contribution is 2.46. The molecule has 0 nitrogen and oxygen atoms in total. The number of thioether (sulfide) groups is 2. The van der Waals surface area contributed by atoms with E-state index in [9.17, 15) is 0 Å². The van der Waals surface area contributed by atoms with Gasteiger partial charge in [-0.3, -0.25) is 0 Å². The van der Waals surface area contributed by atoms with Crippen LogP contribution in [0.1, 0.15) is 29.9 Å². The van der Waals surface area contributed by atoms with Gasteiger partial charge in [-0.15, -0.1) is 23.5 Å². The Morgan fingerprint density at radius 3 is 2.38 bits per heavy atom. The van der Waals surface area contributed by atoms with Gasteiger partial charge in [0.05, 0.1) is 4.58 Å². The molecule has 1 aromatic rings. The second-order valence-corrected chi connectivity index (χ2v) is 7.70. The molecule has 0 aliphatic carbocycles. The van der Waals surface area contributed by atoms with Crippen LogP contribution in [0.25, 0.3) is 0 Å². The topological polar surface area (TPSA) is 0 Å². The normalized spacial score (nSPS) is 25.6. The minimum absolute atomic E-state index is 0.654. The van der Waals surface area contributed by atoms with Crippen LogP contribution in [0.2, 0.25) is 0 Å². The Morgan fingerprint density at radius 1 is 1.19 bits per heavy atom. The summed E-state index contributed by atoms with van der Waals surface area (Å²) < 4.78 is 1.83. The first-order valence-electron chi connectivity index (χ1n) is 5.78. The first-order chi connectivity index (χ1) is 7.79. The summed E-state index contributed by atoms with van der Waals surface area (Å²) in [5.41, 5.74) is 1.47. The van der Waals surface area contributed by atoms with Gasteiger partial charge in [0.25, 0.3) is 0 Å². The van der Waals surface area contributed by atoms with Gasteiger partial charge in [-0.2, -0.15) is 0 Å². The van der Waals surface area contributed by atoms with E-state index < -0.39 is 0 Å². The molecule has 1 aliphatic heterocycles. The monoisotopic (exact) mass is 316 g/mol. The van der Waals surface area contributed by atoms with Crippen LogP contribution in [0.3, 0.4) is 0 Å². The Kier molecular flexibility index (Phi) is 5.11. The predicted molar refractivity (Wildman–Crippen MR) is 80.2 cm³/mol. The van der Waals surface area contributed by atoms with Crippen molar-refractivity contribution in [2.24, 2.45) is 5.92 Å². The zero-order valence-electron chi connectivity index (χ0n) is 9.49. The van der Waals surface area contributed by atoms with E-state index in [0.717, 1.165) is 5.92 Å². The van der Waals surface area contributed by atoms with E-state index in [0.29, 0.717) is 4.58 Å². The van der Waals surface area contributed by atoms with Crippen molar-refractivity contribution < 1.29 is 0 Å². The van der Waals surface area contributed by atoms with E-state index in [2.05, 4.69) is 70.6 Å². The van der Waals surface area contributed by atoms with Gasteiger partial charge in [0, 0.05) is 4.47 Å². The molecular formula is C13H17BrS2. The van der Waals surface area contributed by atoms with Gasteiger partial charge in [0.2, 0.25) is 0 Å². The first kappa shape index (κ1) is 12.8. The smallest absolute Gasteiger partial charge is 0.0751 e. The maximum atomic E-state index is 3.49. The van der Waals surface area contributed by atoms with E-state index in [1.54, 1.807) is 0 Å². The van der Waals surface area contributed by atoms with Gasteiger partial charge in [0.1, 0.15) is 0 Å². The molecule has 1 heterocycles. The number of halogens is 1. The summed E-state index contributed by atoms with van der Waals surface area (Å²) in [7, 11) is 0. The molecule has 1 aromatic carbocycles. The minimum atomic E-state index is 0.654. The Morgan fingerprint density at radius 2 is 1.81 bits per heavy atom. The zero-order chi connectivity index (χ0) is 11.4. The molecule has 0 spiro atoms. The molecule has 0 amide bonds. The minimum Gasteiger partial charge on any atom is -0.142 e. The van der Waals surface area contributed by atoms with Gasteiger partial charge < -0.3 is 0 Å². The van der Waals surface area contributed by atoms with Gasteiger partial charge in [-0.25, -0.2) is 0 Å². The molecule has 3 heteroatoms. The summed E-state index contributed by atoms with van der Waals surface area (Å²) >= 11 is 7.72. The van der Waals surface area contributed by atoms with Gasteiger partial charge in [-0.1, -0.05) is 41.4 Å². The van der Waals surface area contributed by atoms with Crippen molar-refractivity contribution in [3.8, 4) is 0 Å². The number of hydrogen-bond donors (Lipinski definition) is 0. The Bertz CT molecular complexity index is 315. The molecule has 2 rings (SSSR count). The fourth-order valence-corrected chi connectivity index (χ4v) is 5.36. The maximum absolute atomic E-state index is 3.49. The highest BCUT2D eigenvalue weighted by Gasteiger charge is 2.22. The lowest BCUT2D eigenvalue weighted by Crippen LogP contribution is -2.13. The quantitative estimate of drug-likeness (QED) is 0.737. The molecule has 1 saturated heterocycles. The van der Waals surface area contributed by atoms with E-state index >= 15 is 0 Å². The van der Waals surface area contributed by atoms with Crippen LogP contribution in [0, 0.1) is 5.92 Å². The van der Waals surface area contributed by atoms with Crippen molar-refractivity contribution in [1.29, 1.82) is 0 Å². The van der Waals surface area contributed by atoms with Crippen LogP contribution < -0.4 is 0 Å². The summed E-state index contributed by atoms with van der Waals surface area (Å²) in [6.07, 6.45) is 2.72. The fourth-order valence-electron chi connectivity index (χ4n) is 1.93. The lowest BCUT2D eigenvalue weighted by atomic mass is 10.1. The number of hydrogen-bond acceptors (Lipinski definition) is 2. The summed E-state index contributed by atoms with van der Waals surface area (Å²) in [5.74, 6) is 3.61. The van der Waals surface area contributed by atoms with E-state index in [4.69, 9.17) is 0 Å². The highest BCUT2D eigenvalue weighted by atomic mass is 79.9. The van der Waals surface area contributed by atoms with E-state index in [1.807, 2.05) is 0 Å². The van der Waals surface area contributed by atoms with Gasteiger partial charge in [-0.05, 0) is 41.5 Å². The van der Waals surface area contributed by atoms with Crippen molar-refractivity contribution in [2.45, 2.75) is 24.3 Å². The van der Waals surface area contributed by atoms with Crippen LogP contribution >= 0.6 is 39.5 Å². The summed E-state index contributed by atoms with van der Waals surface area (Å²) in [5, 5.41) is 0. The summed E-state index contributed by atoms with van der Waals surface area (Å²) in [6, 6.07) is 8.78. The SMILES string of the molecule is CCCC1CSC(c2ccc(Br)cc2)SC1. The third-order valence-corrected chi connectivity index (χ3v) is 6.63. The molecular weight excluding hydrogens is 300 g/mol. The summed E-state index contributed by atoms with van der Waals surface area (Å²) in [4.78, 5) is 0. The molecule has 0 atom stereocenters. The third kappa shape index (κ3) is 3.44. The second kappa shape index (κ2) is 6.36. The van der Waals surface area contributed by atoms with Crippen molar-refractivity contribution >= 4 is 39.5 Å². The molecule has 16 heavy (non-hydrogen) atoms. The van der Waals surface area contributed by atoms with Crippen LogP contribution in [-0.4, -0.2) is 11.5 Å². The molecule has 88 valence electrons. The van der Waals surface area contributed by atoms with Crippen molar-refractivity contribution in [2.75, 3.05) is 11.5 Å². The van der Waals surface area contributed by atoms with Crippen molar-refractivity contribution in [3.05, 3.63) is 34.3 Å². The highest BCUT2D eigenvalue weighted by molar-refractivity contribution is 9.10. The number of rotatable bonds is 3. The standard InChI is InChI=1S/C13H17BrS2/c1-2-3-10-8-15-13(16-9-10)11-4-6-12(14)7-5-11/h4-7,10,13H,2-3,8-9H2,1H3.